The number of allylic oxidation sites excluding steroid dienone is 2. The molecule has 37 heavy (non-hydrogen) atoms. The molecule has 4 rings (SSSR count). The van der Waals surface area contributed by atoms with Gasteiger partial charge in [0.05, 0.1) is 18.9 Å². The highest BCUT2D eigenvalue weighted by Gasteiger charge is 2.47. The number of rotatable bonds is 10. The number of nitrogens with one attached hydrogen (secondary N) is 1. The van der Waals surface area contributed by atoms with Crippen LogP contribution in [-0.2, 0) is 25.7 Å². The summed E-state index contributed by atoms with van der Waals surface area (Å²) in [5, 5.41) is 3.18. The second kappa shape index (κ2) is 12.4. The highest BCUT2D eigenvalue weighted by atomic mass is 16.5. The van der Waals surface area contributed by atoms with Gasteiger partial charge in [-0.2, -0.15) is 0 Å². The summed E-state index contributed by atoms with van der Waals surface area (Å²) in [6, 6.07) is 6.95. The molecule has 0 radical (unpaired) electrons. The molecule has 2 fully saturated rings. The van der Waals surface area contributed by atoms with E-state index in [9.17, 15) is 19.2 Å². The number of hydrogen-bond donors (Lipinski definition) is 1. The Labute approximate surface area is 219 Å². The molecule has 8 heteroatoms. The summed E-state index contributed by atoms with van der Waals surface area (Å²) in [6.07, 6.45) is 10.8. The van der Waals surface area contributed by atoms with Crippen LogP contribution in [0.2, 0.25) is 0 Å². The Morgan fingerprint density at radius 2 is 1.76 bits per heavy atom. The van der Waals surface area contributed by atoms with Gasteiger partial charge in [-0.05, 0) is 49.8 Å². The maximum absolute atomic E-state index is 13.6. The quantitative estimate of drug-likeness (QED) is 0.384. The second-order valence-corrected chi connectivity index (χ2v) is 10.4. The summed E-state index contributed by atoms with van der Waals surface area (Å²) in [7, 11) is 1.59. The van der Waals surface area contributed by atoms with E-state index in [0.29, 0.717) is 25.0 Å². The van der Waals surface area contributed by atoms with E-state index in [1.165, 1.54) is 11.3 Å². The minimum Gasteiger partial charge on any atom is -0.497 e. The van der Waals surface area contributed by atoms with Crippen LogP contribution in [0.5, 0.6) is 5.75 Å². The van der Waals surface area contributed by atoms with E-state index in [1.807, 2.05) is 43.3 Å². The summed E-state index contributed by atoms with van der Waals surface area (Å²) >= 11 is 0. The van der Waals surface area contributed by atoms with Gasteiger partial charge in [0, 0.05) is 25.6 Å². The molecule has 200 valence electrons. The van der Waals surface area contributed by atoms with Crippen molar-refractivity contribution in [2.45, 2.75) is 83.3 Å². The van der Waals surface area contributed by atoms with Gasteiger partial charge in [0.2, 0.25) is 23.6 Å². The molecule has 2 aliphatic carbocycles. The summed E-state index contributed by atoms with van der Waals surface area (Å²) in [4.78, 5) is 55.6. The van der Waals surface area contributed by atoms with Crippen molar-refractivity contribution in [3.63, 3.8) is 0 Å². The van der Waals surface area contributed by atoms with Crippen LogP contribution in [0.4, 0.5) is 0 Å². The van der Waals surface area contributed by atoms with Crippen molar-refractivity contribution >= 4 is 23.6 Å². The first-order chi connectivity index (χ1) is 17.9. The highest BCUT2D eigenvalue weighted by molar-refractivity contribution is 6.05. The van der Waals surface area contributed by atoms with Crippen LogP contribution in [0.1, 0.15) is 70.3 Å². The predicted molar refractivity (Wildman–Crippen MR) is 139 cm³/mol. The molecule has 1 heterocycles. The molecule has 4 amide bonds. The van der Waals surface area contributed by atoms with Crippen LogP contribution < -0.4 is 10.1 Å². The molecule has 1 N–H and O–H groups in total. The van der Waals surface area contributed by atoms with Crippen LogP contribution in [0.15, 0.2) is 36.4 Å². The molecule has 1 aliphatic heterocycles. The number of likely N-dealkylation sites (tertiary alicyclic amines) is 1. The Morgan fingerprint density at radius 3 is 2.38 bits per heavy atom. The van der Waals surface area contributed by atoms with Crippen LogP contribution in [0.25, 0.3) is 0 Å². The Hall–Kier alpha value is -3.16. The number of nitrogens with zero attached hydrogens (tertiary/aromatic N) is 2. The van der Waals surface area contributed by atoms with Crippen molar-refractivity contribution in [3.8, 4) is 5.75 Å². The van der Waals surface area contributed by atoms with Crippen molar-refractivity contribution in [1.29, 1.82) is 0 Å². The Morgan fingerprint density at radius 1 is 1.08 bits per heavy atom. The SMILES string of the molecule is CC[C@@H](C(=O)NC1CCCCC1)N(Cc1cccc(OC)c1)C(=O)CCN1C(=O)[C@H]2CC=CC[C@H]2C1=O. The van der Waals surface area contributed by atoms with Crippen LogP contribution >= 0.6 is 0 Å². The maximum Gasteiger partial charge on any atom is 0.243 e. The second-order valence-electron chi connectivity index (χ2n) is 10.4. The first-order valence-electron chi connectivity index (χ1n) is 13.7. The van der Waals surface area contributed by atoms with E-state index < -0.39 is 6.04 Å². The molecule has 8 nitrogen and oxygen atoms in total. The average molecular weight is 510 g/mol. The normalized spacial score (nSPS) is 22.5. The molecule has 0 spiro atoms. The molecular formula is C29H39N3O5. The molecule has 1 saturated heterocycles. The zero-order valence-corrected chi connectivity index (χ0v) is 22.0. The van der Waals surface area contributed by atoms with Crippen molar-refractivity contribution in [1.82, 2.24) is 15.1 Å². The van der Waals surface area contributed by atoms with Crippen molar-refractivity contribution in [2.75, 3.05) is 13.7 Å². The fourth-order valence-electron chi connectivity index (χ4n) is 5.87. The zero-order chi connectivity index (χ0) is 26.4. The molecule has 0 unspecified atom stereocenters. The topological polar surface area (TPSA) is 96.0 Å². The summed E-state index contributed by atoms with van der Waals surface area (Å²) in [5.74, 6) is -0.718. The van der Waals surface area contributed by atoms with Gasteiger partial charge in [-0.25, -0.2) is 0 Å². The van der Waals surface area contributed by atoms with E-state index in [-0.39, 0.29) is 61.0 Å². The number of methoxy groups -OCH3 is 1. The van der Waals surface area contributed by atoms with Gasteiger partial charge in [0.25, 0.3) is 0 Å². The number of amides is 4. The lowest BCUT2D eigenvalue weighted by Crippen LogP contribution is -2.52. The third kappa shape index (κ3) is 6.22. The van der Waals surface area contributed by atoms with Gasteiger partial charge in [0.15, 0.2) is 0 Å². The third-order valence-corrected chi connectivity index (χ3v) is 7.97. The number of fused-ring (bicyclic) bond motifs is 1. The maximum atomic E-state index is 13.6. The predicted octanol–water partition coefficient (Wildman–Crippen LogP) is 3.59. The Bertz CT molecular complexity index is 1010. The third-order valence-electron chi connectivity index (χ3n) is 7.97. The van der Waals surface area contributed by atoms with E-state index in [1.54, 1.807) is 12.0 Å². The number of ether oxygens (including phenoxy) is 1. The monoisotopic (exact) mass is 509 g/mol. The molecule has 1 aromatic carbocycles. The Kier molecular flexibility index (Phi) is 9.00. The lowest BCUT2D eigenvalue weighted by atomic mass is 9.85. The fourth-order valence-corrected chi connectivity index (χ4v) is 5.87. The minimum atomic E-state index is -0.641. The molecule has 3 aliphatic rings. The molecule has 0 aromatic heterocycles. The van der Waals surface area contributed by atoms with Gasteiger partial charge < -0.3 is 15.0 Å². The van der Waals surface area contributed by atoms with Gasteiger partial charge in [-0.3, -0.25) is 24.1 Å². The number of imide groups is 1. The lowest BCUT2D eigenvalue weighted by molar-refractivity contribution is -0.144. The number of carbonyl (C=O) groups excluding carboxylic acids is 4. The first kappa shape index (κ1) is 26.9. The fraction of sp³-hybridized carbons (Fsp3) is 0.586. The molecule has 1 saturated carbocycles. The van der Waals surface area contributed by atoms with Crippen molar-refractivity contribution < 1.29 is 23.9 Å². The molecule has 0 bridgehead atoms. The molecular weight excluding hydrogens is 470 g/mol. The Balaban J connectivity index is 1.49. The summed E-state index contributed by atoms with van der Waals surface area (Å²) in [6.45, 7) is 2.19. The van der Waals surface area contributed by atoms with Crippen LogP contribution in [0, 0.1) is 11.8 Å². The van der Waals surface area contributed by atoms with E-state index >= 15 is 0 Å². The van der Waals surface area contributed by atoms with E-state index in [4.69, 9.17) is 4.74 Å². The van der Waals surface area contributed by atoms with Crippen LogP contribution in [-0.4, -0.2) is 59.2 Å². The van der Waals surface area contributed by atoms with Gasteiger partial charge in [0.1, 0.15) is 11.8 Å². The first-order valence-corrected chi connectivity index (χ1v) is 13.7. The average Bonchev–Trinajstić information content (AvgIpc) is 3.17. The van der Waals surface area contributed by atoms with E-state index in [0.717, 1.165) is 31.2 Å². The molecule has 3 atom stereocenters. The minimum absolute atomic E-state index is 0.0124. The summed E-state index contributed by atoms with van der Waals surface area (Å²) in [5.41, 5.74) is 0.849. The lowest BCUT2D eigenvalue weighted by Gasteiger charge is -2.33. The zero-order valence-electron chi connectivity index (χ0n) is 22.0. The van der Waals surface area contributed by atoms with Gasteiger partial charge in [-0.15, -0.1) is 0 Å². The standard InChI is InChI=1S/C29H39N3O5/c1-3-25(27(34)30-21-11-5-4-6-12-21)32(19-20-10-9-13-22(18-20)37-2)26(33)16-17-31-28(35)23-14-7-8-15-24(23)29(31)36/h7-10,13,18,21,23-25H,3-6,11-12,14-17,19H2,1-2H3,(H,30,34)/t23-,24+,25-/m0/s1. The number of carbonyl (C=O) groups is 4. The van der Waals surface area contributed by atoms with Crippen molar-refractivity contribution in [2.24, 2.45) is 11.8 Å². The largest absolute Gasteiger partial charge is 0.497 e. The van der Waals surface area contributed by atoms with Crippen molar-refractivity contribution in [3.05, 3.63) is 42.0 Å². The summed E-state index contributed by atoms with van der Waals surface area (Å²) < 4.78 is 5.35. The van der Waals surface area contributed by atoms with Gasteiger partial charge in [-0.1, -0.05) is 50.5 Å². The number of benzene rings is 1. The molecule has 1 aromatic rings. The van der Waals surface area contributed by atoms with Crippen LogP contribution in [0.3, 0.4) is 0 Å². The van der Waals surface area contributed by atoms with E-state index in [2.05, 4.69) is 5.32 Å². The smallest absolute Gasteiger partial charge is 0.243 e. The van der Waals surface area contributed by atoms with Gasteiger partial charge >= 0.3 is 0 Å². The number of hydrogen-bond acceptors (Lipinski definition) is 5. The highest BCUT2D eigenvalue weighted by Crippen LogP contribution is 2.35.